The zero-order valence-electron chi connectivity index (χ0n) is 33.7. The summed E-state index contributed by atoms with van der Waals surface area (Å²) in [7, 11) is 1.22. The van der Waals surface area contributed by atoms with Crippen LogP contribution in [0.4, 0.5) is 4.79 Å². The van der Waals surface area contributed by atoms with Crippen LogP contribution >= 0.6 is 0 Å². The summed E-state index contributed by atoms with van der Waals surface area (Å²) in [5, 5.41) is 9.98. The second-order valence-electron chi connectivity index (χ2n) is 15.6. The third kappa shape index (κ3) is 11.4. The van der Waals surface area contributed by atoms with E-state index in [1.807, 2.05) is 29.0 Å². The normalized spacial score (nSPS) is 17.2. The lowest BCUT2D eigenvalue weighted by molar-refractivity contribution is -0.320. The van der Waals surface area contributed by atoms with Gasteiger partial charge in [-0.1, -0.05) is 39.8 Å². The van der Waals surface area contributed by atoms with Gasteiger partial charge in [0, 0.05) is 24.2 Å². The molecule has 2 rings (SSSR count). The molecule has 1 aliphatic heterocycles. The van der Waals surface area contributed by atoms with Gasteiger partial charge in [0.05, 0.1) is 12.6 Å². The topological polar surface area (TPSA) is 156 Å². The molecule has 1 fully saturated rings. The van der Waals surface area contributed by atoms with Crippen molar-refractivity contribution >= 4 is 29.8 Å². The van der Waals surface area contributed by atoms with E-state index in [4.69, 9.17) is 9.57 Å². The minimum atomic E-state index is -0.938. The molecule has 0 saturated carbocycles. The van der Waals surface area contributed by atoms with E-state index in [1.165, 1.54) is 7.11 Å². The van der Waals surface area contributed by atoms with Gasteiger partial charge >= 0.3 is 12.1 Å². The Balaban J connectivity index is 2.06. The zero-order valence-corrected chi connectivity index (χ0v) is 33.7. The Morgan fingerprint density at radius 2 is 1.48 bits per heavy atom. The molecule has 4 amide bonds. The molecular formula is C39H65N5O8. The number of carbonyl (C=O) groups excluding carboxylic acids is 5. The number of hydrogen-bond acceptors (Lipinski definition) is 9. The van der Waals surface area contributed by atoms with Gasteiger partial charge in [0.1, 0.15) is 29.8 Å². The fourth-order valence-corrected chi connectivity index (χ4v) is 6.55. The number of alkyl carbamates (subject to hydrolysis) is 1. The number of methoxy groups -OCH3 is 1. The van der Waals surface area contributed by atoms with Crippen LogP contribution in [0.25, 0.3) is 0 Å². The lowest BCUT2D eigenvalue weighted by atomic mass is 9.77. The predicted molar refractivity (Wildman–Crippen MR) is 200 cm³/mol. The smallest absolute Gasteiger partial charge is 0.408 e. The van der Waals surface area contributed by atoms with Crippen molar-refractivity contribution in [3.63, 3.8) is 0 Å². The summed E-state index contributed by atoms with van der Waals surface area (Å²) in [5.41, 5.74) is -0.854. The van der Waals surface area contributed by atoms with Crippen LogP contribution < -0.4 is 16.0 Å². The Labute approximate surface area is 311 Å². The quantitative estimate of drug-likeness (QED) is 0.133. The largest absolute Gasteiger partial charge is 0.468 e. The SMILES string of the molecule is CCC1(CC)CN(C(C)(C)C)C(=O)C(CC)(CC)N1OC(C)c1ccc(C(=O)NCCCC[C@H](NC(=O)OC(C)(C)C)C(=O)NCC(=O)OC)cc1. The predicted octanol–water partition coefficient (Wildman–Crippen LogP) is 5.82. The molecular weight excluding hydrogens is 666 g/mol. The number of piperazine rings is 1. The number of ether oxygens (including phenoxy) is 2. The molecule has 294 valence electrons. The van der Waals surface area contributed by atoms with Crippen molar-refractivity contribution in [1.29, 1.82) is 0 Å². The zero-order chi connectivity index (χ0) is 39.5. The third-order valence-corrected chi connectivity index (χ3v) is 9.96. The van der Waals surface area contributed by atoms with E-state index < -0.39 is 35.2 Å². The maximum Gasteiger partial charge on any atom is 0.408 e. The van der Waals surface area contributed by atoms with E-state index in [2.05, 4.69) is 69.2 Å². The van der Waals surface area contributed by atoms with Gasteiger partial charge in [-0.05, 0) is 111 Å². The van der Waals surface area contributed by atoms with E-state index in [1.54, 1.807) is 32.9 Å². The van der Waals surface area contributed by atoms with Crippen molar-refractivity contribution in [3.05, 3.63) is 35.4 Å². The van der Waals surface area contributed by atoms with Crippen molar-refractivity contribution < 1.29 is 38.3 Å². The fraction of sp³-hybridized carbons (Fsp3) is 0.718. The van der Waals surface area contributed by atoms with Gasteiger partial charge in [-0.3, -0.25) is 24.0 Å². The van der Waals surface area contributed by atoms with Crippen LogP contribution in [0.1, 0.15) is 143 Å². The maximum absolute atomic E-state index is 14.2. The number of unbranched alkanes of at least 4 members (excludes halogenated alkanes) is 1. The Kier molecular flexibility index (Phi) is 16.1. The second-order valence-corrected chi connectivity index (χ2v) is 15.6. The summed E-state index contributed by atoms with van der Waals surface area (Å²) >= 11 is 0. The van der Waals surface area contributed by atoms with E-state index in [-0.39, 0.29) is 42.0 Å². The molecule has 0 aromatic heterocycles. The highest BCUT2D eigenvalue weighted by Gasteiger charge is 2.59. The highest BCUT2D eigenvalue weighted by molar-refractivity contribution is 5.94. The van der Waals surface area contributed by atoms with E-state index >= 15 is 0 Å². The van der Waals surface area contributed by atoms with Gasteiger partial charge in [-0.25, -0.2) is 4.79 Å². The van der Waals surface area contributed by atoms with Crippen LogP contribution in [0.2, 0.25) is 0 Å². The molecule has 52 heavy (non-hydrogen) atoms. The average molecular weight is 732 g/mol. The molecule has 1 aliphatic rings. The van der Waals surface area contributed by atoms with Crippen LogP contribution in [-0.2, 0) is 28.7 Å². The number of benzene rings is 1. The Bertz CT molecular complexity index is 1360. The van der Waals surface area contributed by atoms with Gasteiger partial charge in [0.2, 0.25) is 11.8 Å². The highest BCUT2D eigenvalue weighted by atomic mass is 16.7. The number of carbonyl (C=O) groups is 5. The van der Waals surface area contributed by atoms with Crippen molar-refractivity contribution in [2.75, 3.05) is 26.7 Å². The Morgan fingerprint density at radius 3 is 1.98 bits per heavy atom. The molecule has 13 nitrogen and oxygen atoms in total. The molecule has 1 unspecified atom stereocenters. The fourth-order valence-electron chi connectivity index (χ4n) is 6.55. The maximum atomic E-state index is 14.2. The van der Waals surface area contributed by atoms with Crippen LogP contribution in [-0.4, -0.2) is 94.8 Å². The van der Waals surface area contributed by atoms with E-state index in [9.17, 15) is 24.0 Å². The van der Waals surface area contributed by atoms with Crippen molar-refractivity contribution in [2.45, 2.75) is 155 Å². The molecule has 1 heterocycles. The number of rotatable bonds is 17. The monoisotopic (exact) mass is 731 g/mol. The summed E-state index contributed by atoms with van der Waals surface area (Å²) in [6.45, 7) is 22.4. The Morgan fingerprint density at radius 1 is 0.885 bits per heavy atom. The molecule has 0 radical (unpaired) electrons. The summed E-state index contributed by atoms with van der Waals surface area (Å²) in [6, 6.07) is 6.35. The number of nitrogens with zero attached hydrogens (tertiary/aromatic N) is 2. The van der Waals surface area contributed by atoms with Gasteiger partial charge < -0.3 is 30.3 Å². The van der Waals surface area contributed by atoms with Crippen LogP contribution in [0, 0.1) is 0 Å². The van der Waals surface area contributed by atoms with Crippen molar-refractivity contribution in [1.82, 2.24) is 25.9 Å². The average Bonchev–Trinajstić information content (AvgIpc) is 3.09. The summed E-state index contributed by atoms with van der Waals surface area (Å²) in [5.74, 6) is -1.30. The molecule has 1 aromatic rings. The van der Waals surface area contributed by atoms with Crippen LogP contribution in [0.5, 0.6) is 0 Å². The number of hydrogen-bond donors (Lipinski definition) is 3. The number of hydroxylamine groups is 2. The summed E-state index contributed by atoms with van der Waals surface area (Å²) in [4.78, 5) is 72.6. The first-order valence-electron chi connectivity index (χ1n) is 18.8. The minimum absolute atomic E-state index is 0.0957. The third-order valence-electron chi connectivity index (χ3n) is 9.96. The highest BCUT2D eigenvalue weighted by Crippen LogP contribution is 2.45. The molecule has 0 spiro atoms. The second kappa shape index (κ2) is 18.9. The van der Waals surface area contributed by atoms with Gasteiger partial charge in [0.25, 0.3) is 5.91 Å². The number of nitrogens with one attached hydrogen (secondary N) is 3. The Hall–Kier alpha value is -3.71. The molecule has 0 aliphatic carbocycles. The number of amides is 4. The lowest BCUT2D eigenvalue weighted by Crippen LogP contribution is -2.76. The minimum Gasteiger partial charge on any atom is -0.468 e. The molecule has 1 aromatic carbocycles. The van der Waals surface area contributed by atoms with Crippen LogP contribution in [0.15, 0.2) is 24.3 Å². The van der Waals surface area contributed by atoms with Crippen LogP contribution in [0.3, 0.4) is 0 Å². The van der Waals surface area contributed by atoms with Crippen molar-refractivity contribution in [2.24, 2.45) is 0 Å². The van der Waals surface area contributed by atoms with E-state index in [0.717, 1.165) is 18.4 Å². The van der Waals surface area contributed by atoms with Crippen molar-refractivity contribution in [3.8, 4) is 0 Å². The van der Waals surface area contributed by atoms with Gasteiger partial charge in [0.15, 0.2) is 0 Å². The molecule has 3 N–H and O–H groups in total. The molecule has 0 bridgehead atoms. The number of esters is 1. The summed E-state index contributed by atoms with van der Waals surface area (Å²) < 4.78 is 9.86. The first kappa shape index (κ1) is 44.5. The standard InChI is InChI=1S/C39H65N5O8/c1-13-38(14-2)26-43(36(6,7)8)34(48)39(15-3,16-4)44(38)52-27(5)28-20-22-29(23-21-28)32(46)40-24-18-17-19-30(33(47)41-25-31(45)50-12)42-35(49)51-37(9,10)11/h20-23,27,30H,13-19,24-26H2,1-12H3,(H,40,46)(H,41,47)(H,42,49)/t27?,30-/m0/s1. The lowest BCUT2D eigenvalue weighted by Gasteiger charge is -2.61. The van der Waals surface area contributed by atoms with Gasteiger partial charge in [-0.2, -0.15) is 5.06 Å². The summed E-state index contributed by atoms with van der Waals surface area (Å²) in [6.07, 6.45) is 3.07. The van der Waals surface area contributed by atoms with E-state index in [0.29, 0.717) is 44.3 Å². The molecule has 13 heteroatoms. The molecule has 1 saturated heterocycles. The van der Waals surface area contributed by atoms with Gasteiger partial charge in [-0.15, -0.1) is 0 Å². The first-order chi connectivity index (χ1) is 24.2. The molecule has 2 atom stereocenters. The first-order valence-corrected chi connectivity index (χ1v) is 18.8.